The number of hydrogen-bond acceptors (Lipinski definition) is 4. The normalized spacial score (nSPS) is 10.1. The molecule has 1 heterocycles. The number of rotatable bonds is 2. The summed E-state index contributed by atoms with van der Waals surface area (Å²) in [4.78, 5) is 7.72. The molecule has 0 saturated heterocycles. The van der Waals surface area contributed by atoms with Crippen LogP contribution in [0.5, 0.6) is 11.6 Å². The second-order valence-electron chi connectivity index (χ2n) is 3.30. The Kier molecular flexibility index (Phi) is 2.92. The van der Waals surface area contributed by atoms with Crippen molar-refractivity contribution in [2.24, 2.45) is 0 Å². The molecule has 1 aromatic carbocycles. The third-order valence-electron chi connectivity index (χ3n) is 2.04. The first-order chi connectivity index (χ1) is 7.66. The maximum absolute atomic E-state index is 5.88. The number of anilines is 1. The summed E-state index contributed by atoms with van der Waals surface area (Å²) in [5.74, 6) is 1.01. The van der Waals surface area contributed by atoms with Crippen molar-refractivity contribution in [1.29, 1.82) is 0 Å². The summed E-state index contributed by atoms with van der Waals surface area (Å²) in [5, 5.41) is 0.374. The summed E-state index contributed by atoms with van der Waals surface area (Å²) in [6.45, 7) is 1.90. The van der Waals surface area contributed by atoms with Gasteiger partial charge in [-0.2, -0.15) is 0 Å². The highest BCUT2D eigenvalue weighted by atomic mass is 35.5. The lowest BCUT2D eigenvalue weighted by Gasteiger charge is -2.08. The van der Waals surface area contributed by atoms with Crippen molar-refractivity contribution >= 4 is 17.3 Å². The van der Waals surface area contributed by atoms with Crippen molar-refractivity contribution < 1.29 is 4.74 Å². The van der Waals surface area contributed by atoms with Crippen LogP contribution in [-0.2, 0) is 0 Å². The van der Waals surface area contributed by atoms with Crippen LogP contribution < -0.4 is 10.5 Å². The first-order valence-corrected chi connectivity index (χ1v) is 5.04. The zero-order valence-corrected chi connectivity index (χ0v) is 9.40. The number of nitrogens with zero attached hydrogens (tertiary/aromatic N) is 2. The van der Waals surface area contributed by atoms with Crippen molar-refractivity contribution in [3.05, 3.63) is 41.3 Å². The Hall–Kier alpha value is -1.81. The summed E-state index contributed by atoms with van der Waals surface area (Å²) in [5.41, 5.74) is 7.26. The van der Waals surface area contributed by atoms with Gasteiger partial charge in [-0.1, -0.05) is 11.6 Å². The lowest BCUT2D eigenvalue weighted by Crippen LogP contribution is -1.93. The number of benzene rings is 1. The van der Waals surface area contributed by atoms with Crippen molar-refractivity contribution in [2.45, 2.75) is 6.92 Å². The summed E-state index contributed by atoms with van der Waals surface area (Å²) in [6.07, 6.45) is 2.87. The Morgan fingerprint density at radius 2 is 2.19 bits per heavy atom. The average molecular weight is 236 g/mol. The maximum atomic E-state index is 5.88. The summed E-state index contributed by atoms with van der Waals surface area (Å²) >= 11 is 5.88. The topological polar surface area (TPSA) is 61.0 Å². The predicted octanol–water partition coefficient (Wildman–Crippen LogP) is 2.81. The van der Waals surface area contributed by atoms with E-state index in [0.29, 0.717) is 22.3 Å². The van der Waals surface area contributed by atoms with Crippen molar-refractivity contribution in [2.75, 3.05) is 5.73 Å². The van der Waals surface area contributed by atoms with Crippen LogP contribution in [0, 0.1) is 6.92 Å². The van der Waals surface area contributed by atoms with E-state index in [0.717, 1.165) is 5.56 Å². The van der Waals surface area contributed by atoms with E-state index >= 15 is 0 Å². The number of aryl methyl sites for hydroxylation is 1. The minimum absolute atomic E-state index is 0.338. The number of hydrogen-bond donors (Lipinski definition) is 1. The van der Waals surface area contributed by atoms with Gasteiger partial charge in [-0.15, -0.1) is 0 Å². The zero-order chi connectivity index (χ0) is 11.5. The number of halogens is 1. The van der Waals surface area contributed by atoms with Gasteiger partial charge in [-0.25, -0.2) is 9.97 Å². The van der Waals surface area contributed by atoms with E-state index in [-0.39, 0.29) is 0 Å². The van der Waals surface area contributed by atoms with Crippen LogP contribution in [-0.4, -0.2) is 9.97 Å². The Labute approximate surface area is 98.0 Å². The Bertz CT molecular complexity index is 516. The highest BCUT2D eigenvalue weighted by molar-refractivity contribution is 6.31. The third kappa shape index (κ3) is 2.23. The molecule has 2 N–H and O–H groups in total. The van der Waals surface area contributed by atoms with E-state index in [2.05, 4.69) is 9.97 Å². The van der Waals surface area contributed by atoms with E-state index in [9.17, 15) is 0 Å². The van der Waals surface area contributed by atoms with Crippen molar-refractivity contribution in [3.63, 3.8) is 0 Å². The molecule has 2 rings (SSSR count). The fraction of sp³-hybridized carbons (Fsp3) is 0.0909. The van der Waals surface area contributed by atoms with Crippen LogP contribution in [0.2, 0.25) is 5.02 Å². The van der Waals surface area contributed by atoms with Gasteiger partial charge in [0.1, 0.15) is 17.1 Å². The van der Waals surface area contributed by atoms with Crippen molar-refractivity contribution in [1.82, 2.24) is 9.97 Å². The van der Waals surface area contributed by atoms with Crippen LogP contribution in [0.1, 0.15) is 5.56 Å². The fourth-order valence-corrected chi connectivity index (χ4v) is 1.41. The second kappa shape index (κ2) is 4.37. The van der Waals surface area contributed by atoms with E-state index in [4.69, 9.17) is 22.1 Å². The Morgan fingerprint density at radius 1 is 1.38 bits per heavy atom. The summed E-state index contributed by atoms with van der Waals surface area (Å²) in [7, 11) is 0. The molecule has 5 heteroatoms. The average Bonchev–Trinajstić information content (AvgIpc) is 2.25. The summed E-state index contributed by atoms with van der Waals surface area (Å²) in [6, 6.07) is 5.37. The van der Waals surface area contributed by atoms with E-state index < -0.39 is 0 Å². The van der Waals surface area contributed by atoms with Crippen LogP contribution in [0.4, 0.5) is 5.69 Å². The molecule has 0 radical (unpaired) electrons. The molecular formula is C11H10ClN3O. The lowest BCUT2D eigenvalue weighted by atomic mass is 10.2. The zero-order valence-electron chi connectivity index (χ0n) is 8.64. The molecule has 0 aliphatic carbocycles. The molecule has 0 fully saturated rings. The molecule has 1 aromatic heterocycles. The van der Waals surface area contributed by atoms with Gasteiger partial charge < -0.3 is 10.5 Å². The second-order valence-corrected chi connectivity index (χ2v) is 3.71. The van der Waals surface area contributed by atoms with Gasteiger partial charge in [0.05, 0.1) is 6.20 Å². The quantitative estimate of drug-likeness (QED) is 0.813. The van der Waals surface area contributed by atoms with E-state index in [1.54, 1.807) is 12.1 Å². The van der Waals surface area contributed by atoms with Crippen molar-refractivity contribution in [3.8, 4) is 11.6 Å². The minimum atomic E-state index is 0.338. The first-order valence-electron chi connectivity index (χ1n) is 4.66. The molecule has 0 bridgehead atoms. The molecule has 0 aliphatic heterocycles. The Morgan fingerprint density at radius 3 is 2.88 bits per heavy atom. The van der Waals surface area contributed by atoms with Crippen LogP contribution in [0.15, 0.2) is 30.7 Å². The monoisotopic (exact) mass is 235 g/mol. The molecule has 82 valence electrons. The first kappa shape index (κ1) is 10.7. The van der Waals surface area contributed by atoms with E-state index in [1.165, 1.54) is 12.5 Å². The molecule has 0 spiro atoms. The van der Waals surface area contributed by atoms with Gasteiger partial charge in [0.15, 0.2) is 0 Å². The highest BCUT2D eigenvalue weighted by Crippen LogP contribution is 2.28. The van der Waals surface area contributed by atoms with Gasteiger partial charge >= 0.3 is 0 Å². The molecule has 0 aliphatic rings. The number of nitrogens with two attached hydrogens (primary N) is 1. The molecule has 0 amide bonds. The van der Waals surface area contributed by atoms with E-state index in [1.807, 2.05) is 13.0 Å². The number of ether oxygens (including phenoxy) is 1. The van der Waals surface area contributed by atoms with Gasteiger partial charge in [0.2, 0.25) is 5.88 Å². The molecule has 4 nitrogen and oxygen atoms in total. The molecule has 0 atom stereocenters. The molecular weight excluding hydrogens is 226 g/mol. The lowest BCUT2D eigenvalue weighted by molar-refractivity contribution is 0.458. The van der Waals surface area contributed by atoms with Crippen LogP contribution >= 0.6 is 11.6 Å². The standard InChI is InChI=1S/C11H10ClN3O/c1-7-4-8(13)2-3-10(7)16-11-9(12)5-14-6-15-11/h2-6H,13H2,1H3. The van der Waals surface area contributed by atoms with Crippen LogP contribution in [0.25, 0.3) is 0 Å². The third-order valence-corrected chi connectivity index (χ3v) is 2.30. The number of aromatic nitrogens is 2. The highest BCUT2D eigenvalue weighted by Gasteiger charge is 2.06. The molecule has 16 heavy (non-hydrogen) atoms. The molecule has 0 unspecified atom stereocenters. The SMILES string of the molecule is Cc1cc(N)ccc1Oc1ncncc1Cl. The van der Waals surface area contributed by atoms with Gasteiger partial charge in [0, 0.05) is 5.69 Å². The van der Waals surface area contributed by atoms with Crippen LogP contribution in [0.3, 0.4) is 0 Å². The van der Waals surface area contributed by atoms with Gasteiger partial charge in [0.25, 0.3) is 0 Å². The smallest absolute Gasteiger partial charge is 0.241 e. The minimum Gasteiger partial charge on any atom is -0.437 e. The number of nitrogen functional groups attached to an aromatic ring is 1. The Balaban J connectivity index is 2.31. The fourth-order valence-electron chi connectivity index (χ4n) is 1.27. The van der Waals surface area contributed by atoms with Gasteiger partial charge in [-0.05, 0) is 30.7 Å². The largest absolute Gasteiger partial charge is 0.437 e. The predicted molar refractivity (Wildman–Crippen MR) is 62.7 cm³/mol. The summed E-state index contributed by atoms with van der Waals surface area (Å²) < 4.78 is 5.56. The van der Waals surface area contributed by atoms with Gasteiger partial charge in [-0.3, -0.25) is 0 Å². The molecule has 0 saturated carbocycles. The maximum Gasteiger partial charge on any atom is 0.241 e. The molecule has 2 aromatic rings.